The highest BCUT2D eigenvalue weighted by molar-refractivity contribution is 5.74. The molecule has 0 rings (SSSR count). The molecule has 0 bridgehead atoms. The lowest BCUT2D eigenvalue weighted by Crippen LogP contribution is -2.43. The summed E-state index contributed by atoms with van der Waals surface area (Å²) in [6.45, 7) is 8.84. The number of aliphatic carboxylic acids is 1. The van der Waals surface area contributed by atoms with Crippen molar-refractivity contribution in [2.24, 2.45) is 17.3 Å². The summed E-state index contributed by atoms with van der Waals surface area (Å²) in [6.07, 6.45) is -0.594. The second kappa shape index (κ2) is 4.09. The van der Waals surface area contributed by atoms with Gasteiger partial charge in [0.05, 0.1) is 11.5 Å². The molecule has 3 heteroatoms. The molecular weight excluding hydrogens is 168 g/mol. The zero-order valence-electron chi connectivity index (χ0n) is 9.03. The number of carbonyl (C=O) groups is 1. The standard InChI is InChI=1S/C10H20O3/c1-6(2)10(5,9(12)13)7(3)8(4)11/h6-8,11H,1-5H3,(H,12,13). The average molecular weight is 188 g/mol. The summed E-state index contributed by atoms with van der Waals surface area (Å²) < 4.78 is 0. The summed E-state index contributed by atoms with van der Waals surface area (Å²) in [4.78, 5) is 11.1. The van der Waals surface area contributed by atoms with Crippen LogP contribution < -0.4 is 0 Å². The highest BCUT2D eigenvalue weighted by Gasteiger charge is 2.43. The van der Waals surface area contributed by atoms with E-state index >= 15 is 0 Å². The molecule has 0 aromatic rings. The van der Waals surface area contributed by atoms with Crippen molar-refractivity contribution in [2.75, 3.05) is 0 Å². The molecule has 0 spiro atoms. The number of aliphatic hydroxyl groups excluding tert-OH is 1. The lowest BCUT2D eigenvalue weighted by molar-refractivity contribution is -0.157. The van der Waals surface area contributed by atoms with Gasteiger partial charge in [0.15, 0.2) is 0 Å². The average Bonchev–Trinajstić information content (AvgIpc) is 2.00. The minimum absolute atomic E-state index is 0.00889. The SMILES string of the molecule is CC(O)C(C)C(C)(C(=O)O)C(C)C. The Bertz CT molecular complexity index is 187. The van der Waals surface area contributed by atoms with E-state index in [9.17, 15) is 9.90 Å². The van der Waals surface area contributed by atoms with E-state index < -0.39 is 17.5 Å². The van der Waals surface area contributed by atoms with Crippen molar-refractivity contribution < 1.29 is 15.0 Å². The molecule has 0 saturated heterocycles. The van der Waals surface area contributed by atoms with Gasteiger partial charge in [-0.1, -0.05) is 20.8 Å². The minimum Gasteiger partial charge on any atom is -0.481 e. The topological polar surface area (TPSA) is 57.5 Å². The monoisotopic (exact) mass is 188 g/mol. The van der Waals surface area contributed by atoms with Gasteiger partial charge in [0, 0.05) is 0 Å². The van der Waals surface area contributed by atoms with Crippen LogP contribution in [0.5, 0.6) is 0 Å². The fourth-order valence-corrected chi connectivity index (χ4v) is 1.47. The van der Waals surface area contributed by atoms with Gasteiger partial charge >= 0.3 is 5.97 Å². The van der Waals surface area contributed by atoms with Crippen LogP contribution >= 0.6 is 0 Å². The Balaban J connectivity index is 4.90. The second-order valence-electron chi connectivity index (χ2n) is 4.27. The summed E-state index contributed by atoms with van der Waals surface area (Å²) in [5, 5.41) is 18.5. The van der Waals surface area contributed by atoms with Crippen LogP contribution in [0.25, 0.3) is 0 Å². The molecule has 3 atom stereocenters. The number of hydrogen-bond donors (Lipinski definition) is 2. The van der Waals surface area contributed by atoms with E-state index in [2.05, 4.69) is 0 Å². The molecule has 0 amide bonds. The third-order valence-electron chi connectivity index (χ3n) is 3.33. The van der Waals surface area contributed by atoms with E-state index in [1.807, 2.05) is 13.8 Å². The van der Waals surface area contributed by atoms with Crippen molar-refractivity contribution >= 4 is 5.97 Å². The maximum atomic E-state index is 11.1. The Hall–Kier alpha value is -0.570. The van der Waals surface area contributed by atoms with Crippen molar-refractivity contribution in [3.63, 3.8) is 0 Å². The number of carboxylic acid groups (broad SMARTS) is 1. The summed E-state index contributed by atoms with van der Waals surface area (Å²) in [5.74, 6) is -1.07. The zero-order chi connectivity index (χ0) is 10.8. The highest BCUT2D eigenvalue weighted by atomic mass is 16.4. The summed E-state index contributed by atoms with van der Waals surface area (Å²) in [5.41, 5.74) is -0.853. The Labute approximate surface area is 79.8 Å². The van der Waals surface area contributed by atoms with Crippen LogP contribution in [0.2, 0.25) is 0 Å². The van der Waals surface area contributed by atoms with Gasteiger partial charge < -0.3 is 10.2 Å². The van der Waals surface area contributed by atoms with Crippen LogP contribution in [-0.2, 0) is 4.79 Å². The van der Waals surface area contributed by atoms with Gasteiger partial charge in [-0.25, -0.2) is 0 Å². The molecule has 0 radical (unpaired) electrons. The molecule has 78 valence electrons. The molecule has 3 unspecified atom stereocenters. The Kier molecular flexibility index (Phi) is 3.91. The summed E-state index contributed by atoms with van der Waals surface area (Å²) in [7, 11) is 0. The molecule has 0 fully saturated rings. The van der Waals surface area contributed by atoms with Crippen molar-refractivity contribution in [1.82, 2.24) is 0 Å². The lowest BCUT2D eigenvalue weighted by Gasteiger charge is -2.36. The first kappa shape index (κ1) is 12.4. The molecule has 0 aromatic carbocycles. The number of aliphatic hydroxyl groups is 1. The van der Waals surface area contributed by atoms with Crippen LogP contribution in [0, 0.1) is 17.3 Å². The van der Waals surface area contributed by atoms with Crippen molar-refractivity contribution in [1.29, 1.82) is 0 Å². The minimum atomic E-state index is -0.853. The first-order chi connectivity index (χ1) is 5.74. The van der Waals surface area contributed by atoms with E-state index in [1.165, 1.54) is 0 Å². The quantitative estimate of drug-likeness (QED) is 0.706. The Morgan fingerprint density at radius 1 is 1.23 bits per heavy atom. The molecule has 0 aliphatic carbocycles. The Morgan fingerprint density at radius 3 is 1.69 bits per heavy atom. The van der Waals surface area contributed by atoms with Crippen LogP contribution in [0.1, 0.15) is 34.6 Å². The lowest BCUT2D eigenvalue weighted by atomic mass is 9.68. The van der Waals surface area contributed by atoms with Gasteiger partial charge in [-0.05, 0) is 25.7 Å². The second-order valence-corrected chi connectivity index (χ2v) is 4.27. The first-order valence-corrected chi connectivity index (χ1v) is 4.66. The van der Waals surface area contributed by atoms with Gasteiger partial charge in [-0.3, -0.25) is 4.79 Å². The maximum Gasteiger partial charge on any atom is 0.309 e. The molecule has 0 aliphatic heterocycles. The van der Waals surface area contributed by atoms with E-state index in [0.717, 1.165) is 0 Å². The van der Waals surface area contributed by atoms with Crippen molar-refractivity contribution in [3.05, 3.63) is 0 Å². The van der Waals surface area contributed by atoms with Crippen LogP contribution in [-0.4, -0.2) is 22.3 Å². The van der Waals surface area contributed by atoms with Crippen molar-refractivity contribution in [3.8, 4) is 0 Å². The molecule has 3 nitrogen and oxygen atoms in total. The normalized spacial score (nSPS) is 20.8. The predicted octanol–water partition coefficient (Wildman–Crippen LogP) is 1.75. The number of rotatable bonds is 4. The molecule has 0 saturated carbocycles. The fraction of sp³-hybridized carbons (Fsp3) is 0.900. The van der Waals surface area contributed by atoms with E-state index in [1.54, 1.807) is 20.8 Å². The highest BCUT2D eigenvalue weighted by Crippen LogP contribution is 2.37. The molecule has 2 N–H and O–H groups in total. The van der Waals surface area contributed by atoms with Crippen LogP contribution in [0.4, 0.5) is 0 Å². The number of hydrogen-bond acceptors (Lipinski definition) is 2. The predicted molar refractivity (Wildman–Crippen MR) is 51.4 cm³/mol. The zero-order valence-corrected chi connectivity index (χ0v) is 9.03. The maximum absolute atomic E-state index is 11.1. The van der Waals surface area contributed by atoms with Gasteiger partial charge in [0.25, 0.3) is 0 Å². The Morgan fingerprint density at radius 2 is 1.62 bits per heavy atom. The first-order valence-electron chi connectivity index (χ1n) is 4.66. The van der Waals surface area contributed by atoms with Gasteiger partial charge in [0.1, 0.15) is 0 Å². The van der Waals surface area contributed by atoms with Crippen molar-refractivity contribution in [2.45, 2.75) is 40.7 Å². The summed E-state index contributed by atoms with van der Waals surface area (Å²) in [6, 6.07) is 0. The summed E-state index contributed by atoms with van der Waals surface area (Å²) >= 11 is 0. The molecular formula is C10H20O3. The third kappa shape index (κ3) is 2.21. The van der Waals surface area contributed by atoms with E-state index in [0.29, 0.717) is 0 Å². The van der Waals surface area contributed by atoms with E-state index in [-0.39, 0.29) is 11.8 Å². The van der Waals surface area contributed by atoms with Gasteiger partial charge in [0.2, 0.25) is 0 Å². The third-order valence-corrected chi connectivity index (χ3v) is 3.33. The van der Waals surface area contributed by atoms with Gasteiger partial charge in [-0.15, -0.1) is 0 Å². The smallest absolute Gasteiger partial charge is 0.309 e. The fourth-order valence-electron chi connectivity index (χ4n) is 1.47. The molecule has 0 aliphatic rings. The molecule has 13 heavy (non-hydrogen) atoms. The van der Waals surface area contributed by atoms with E-state index in [4.69, 9.17) is 5.11 Å². The van der Waals surface area contributed by atoms with Gasteiger partial charge in [-0.2, -0.15) is 0 Å². The molecule has 0 aromatic heterocycles. The largest absolute Gasteiger partial charge is 0.481 e. The van der Waals surface area contributed by atoms with Crippen LogP contribution in [0.15, 0.2) is 0 Å². The number of carboxylic acids is 1. The van der Waals surface area contributed by atoms with Crippen LogP contribution in [0.3, 0.4) is 0 Å². The molecule has 0 heterocycles.